The first kappa shape index (κ1) is 15.7. The van der Waals surface area contributed by atoms with Gasteiger partial charge in [0.1, 0.15) is 0 Å². The predicted octanol–water partition coefficient (Wildman–Crippen LogP) is -1.07. The molecule has 0 aromatic carbocycles. The van der Waals surface area contributed by atoms with Crippen molar-refractivity contribution in [2.24, 2.45) is 0 Å². The third kappa shape index (κ3) is 21.3. The van der Waals surface area contributed by atoms with Crippen molar-refractivity contribution >= 4 is 81.4 Å². The minimum atomic E-state index is 0. The molecular weight excluding hydrogens is 329 g/mol. The number of hydrogen-bond acceptors (Lipinski definition) is 2. The van der Waals surface area contributed by atoms with Crippen molar-refractivity contribution in [3.8, 4) is 0 Å². The van der Waals surface area contributed by atoms with Crippen LogP contribution in [0, 0.1) is 0 Å². The van der Waals surface area contributed by atoms with Crippen molar-refractivity contribution in [3.63, 3.8) is 0 Å². The summed E-state index contributed by atoms with van der Waals surface area (Å²) in [7, 11) is 0. The fourth-order valence-corrected chi connectivity index (χ4v) is 0. The van der Waals surface area contributed by atoms with E-state index < -0.39 is 0 Å². The Morgan fingerprint density at radius 1 is 0.800 bits per heavy atom. The van der Waals surface area contributed by atoms with Crippen LogP contribution in [-0.4, -0.2) is 48.9 Å². The first-order chi connectivity index (χ1) is 2.00. The Bertz CT molecular complexity index is 7.61. The molecule has 0 aliphatic rings. The Kier molecular flexibility index (Phi) is 99.9. The molecule has 0 heterocycles. The minimum absolute atomic E-state index is 0. The van der Waals surface area contributed by atoms with E-state index in [1.165, 1.54) is 0 Å². The summed E-state index contributed by atoms with van der Waals surface area (Å²) in [6.07, 6.45) is 0. The Morgan fingerprint density at radius 3 is 0.800 bits per heavy atom. The number of rotatable bonds is 0. The van der Waals surface area contributed by atoms with Crippen LogP contribution >= 0.6 is 32.5 Å². The van der Waals surface area contributed by atoms with Gasteiger partial charge in [0.25, 0.3) is 0 Å². The Balaban J connectivity index is -0.0000000133. The number of halogens is 2. The molecule has 0 atom stereocenters. The average molecular weight is 329 g/mol. The van der Waals surface area contributed by atoms with Crippen molar-refractivity contribution in [1.29, 1.82) is 0 Å². The van der Waals surface area contributed by atoms with Crippen molar-refractivity contribution in [2.75, 3.05) is 0 Å². The second-order valence-electron chi connectivity index (χ2n) is 0. The maximum absolute atomic E-state index is 8.06. The molecule has 0 spiro atoms. The van der Waals surface area contributed by atoms with Crippen LogP contribution in [0.3, 0.4) is 0 Å². The monoisotopic (exact) mass is 328 g/mol. The van der Waals surface area contributed by atoms with Gasteiger partial charge in [-0.25, -0.2) is 32.5 Å². The van der Waals surface area contributed by atoms with Gasteiger partial charge in [-0.2, -0.15) is 0 Å². The van der Waals surface area contributed by atoms with Crippen LogP contribution in [0.25, 0.3) is 0 Å². The van der Waals surface area contributed by atoms with Crippen molar-refractivity contribution in [2.45, 2.75) is 0 Å². The second kappa shape index (κ2) is 31.9. The van der Waals surface area contributed by atoms with Gasteiger partial charge in [0, 0.05) is 0 Å². The fourth-order valence-electron chi connectivity index (χ4n) is 0. The topological polar surface area (TPSA) is 46.1 Å². The van der Waals surface area contributed by atoms with E-state index in [-0.39, 0.29) is 48.9 Å². The molecule has 0 aromatic rings. The van der Waals surface area contributed by atoms with E-state index in [0.717, 1.165) is 0 Å². The molecule has 0 aliphatic heterocycles. The quantitative estimate of drug-likeness (QED) is 0.532. The maximum Gasteiger partial charge on any atom is 2.00 e. The molecule has 0 aliphatic carbocycles. The van der Waals surface area contributed by atoms with Gasteiger partial charge in [0.15, 0.2) is 0 Å². The Morgan fingerprint density at radius 2 is 0.800 bits per heavy atom. The summed E-state index contributed by atoms with van der Waals surface area (Å²) in [6, 6.07) is 0. The summed E-state index contributed by atoms with van der Waals surface area (Å²) in [5, 5.41) is 0. The van der Waals surface area contributed by atoms with Gasteiger partial charge in [-0.15, -0.1) is 0 Å². The van der Waals surface area contributed by atoms with Crippen LogP contribution in [0.1, 0.15) is 0 Å². The molecule has 0 N–H and O–H groups in total. The molecule has 0 amide bonds. The molecule has 5 heteroatoms. The molecule has 2 nitrogen and oxygen atoms in total. The molecule has 28 valence electrons. The number of hydrogen-bond donors (Lipinski definition) is 0. The summed E-state index contributed by atoms with van der Waals surface area (Å²) in [6.45, 7) is 0. The van der Waals surface area contributed by atoms with Crippen LogP contribution in [0.15, 0.2) is 0 Å². The minimum Gasteiger partial charge on any atom is -0.791 e. The molecule has 0 rings (SSSR count). The molecular formula is BaBr2O2. The van der Waals surface area contributed by atoms with Gasteiger partial charge in [0.05, 0.1) is 0 Å². The van der Waals surface area contributed by atoms with E-state index in [2.05, 4.69) is 0 Å². The summed E-state index contributed by atoms with van der Waals surface area (Å²) in [5.74, 6) is 0. The van der Waals surface area contributed by atoms with Crippen LogP contribution < -0.4 is 8.40 Å². The van der Waals surface area contributed by atoms with Crippen LogP contribution in [0.5, 0.6) is 0 Å². The molecule has 0 saturated heterocycles. The average Bonchev–Trinajstić information content (AvgIpc) is 1.50. The molecule has 5 heavy (non-hydrogen) atoms. The first-order valence-corrected chi connectivity index (χ1v) is 1.60. The standard InChI is InChI=1S/Ba.2BrO/c;2*1-2/q+2;2*-1. The fraction of sp³-hybridized carbons (Fsp3) is 0. The Labute approximate surface area is 87.9 Å². The molecule has 0 radical (unpaired) electrons. The second-order valence-corrected chi connectivity index (χ2v) is 0. The zero-order valence-corrected chi connectivity index (χ0v) is 9.89. The summed E-state index contributed by atoms with van der Waals surface area (Å²) in [4.78, 5) is 0. The van der Waals surface area contributed by atoms with Crippen LogP contribution in [-0.2, 0) is 0 Å². The van der Waals surface area contributed by atoms with Crippen molar-refractivity contribution in [3.05, 3.63) is 0 Å². The van der Waals surface area contributed by atoms with Crippen LogP contribution in [0.2, 0.25) is 0 Å². The largest absolute Gasteiger partial charge is 2.00 e. The van der Waals surface area contributed by atoms with Gasteiger partial charge < -0.3 is 8.40 Å². The smallest absolute Gasteiger partial charge is 0.791 e. The van der Waals surface area contributed by atoms with E-state index in [4.69, 9.17) is 8.40 Å². The zero-order valence-electron chi connectivity index (χ0n) is 2.28. The van der Waals surface area contributed by atoms with Crippen LogP contribution in [0.4, 0.5) is 0 Å². The van der Waals surface area contributed by atoms with E-state index in [1.54, 1.807) is 32.5 Å². The maximum atomic E-state index is 8.06. The van der Waals surface area contributed by atoms with Gasteiger partial charge in [-0.05, 0) is 0 Å². The van der Waals surface area contributed by atoms with Gasteiger partial charge in [-0.1, -0.05) is 0 Å². The van der Waals surface area contributed by atoms with Crippen molar-refractivity contribution < 1.29 is 8.40 Å². The summed E-state index contributed by atoms with van der Waals surface area (Å²) in [5.41, 5.74) is 0. The van der Waals surface area contributed by atoms with Gasteiger partial charge >= 0.3 is 48.9 Å². The van der Waals surface area contributed by atoms with Gasteiger partial charge in [0.2, 0.25) is 0 Å². The first-order valence-electron chi connectivity index (χ1n) is 0.309. The van der Waals surface area contributed by atoms with E-state index in [0.29, 0.717) is 0 Å². The van der Waals surface area contributed by atoms with Gasteiger partial charge in [-0.3, -0.25) is 0 Å². The zero-order chi connectivity index (χ0) is 4.00. The third-order valence-corrected chi connectivity index (χ3v) is 0. The third-order valence-electron chi connectivity index (χ3n) is 0. The molecule has 0 aromatic heterocycles. The summed E-state index contributed by atoms with van der Waals surface area (Å²) >= 11 is 3.38. The molecule has 0 saturated carbocycles. The van der Waals surface area contributed by atoms with E-state index in [9.17, 15) is 0 Å². The molecule has 0 fully saturated rings. The SMILES string of the molecule is [Ba+2].[O-]Br.[O-]Br. The Hall–Kier alpha value is 2.45. The summed E-state index contributed by atoms with van der Waals surface area (Å²) < 4.78 is 16.1. The normalized spacial score (nSPS) is 2.40. The van der Waals surface area contributed by atoms with E-state index >= 15 is 0 Å². The predicted molar refractivity (Wildman–Crippen MR) is 23.6 cm³/mol. The molecule has 0 bridgehead atoms. The van der Waals surface area contributed by atoms with E-state index in [1.807, 2.05) is 0 Å². The van der Waals surface area contributed by atoms with Crippen molar-refractivity contribution in [1.82, 2.24) is 0 Å². The molecule has 0 unspecified atom stereocenters.